The zero-order chi connectivity index (χ0) is 12.1. The second kappa shape index (κ2) is 6.50. The molecule has 0 aromatic heterocycles. The molecule has 0 spiro atoms. The lowest BCUT2D eigenvalue weighted by Gasteiger charge is -2.30. The lowest BCUT2D eigenvalue weighted by atomic mass is 9.94. The highest BCUT2D eigenvalue weighted by Crippen LogP contribution is 2.26. The van der Waals surface area contributed by atoms with E-state index < -0.39 is 0 Å². The quantitative estimate of drug-likeness (QED) is 0.792. The van der Waals surface area contributed by atoms with Crippen LogP contribution in [0, 0.1) is 5.92 Å². The molecular weight excluding hydrogens is 220 g/mol. The topological polar surface area (TPSA) is 55.1 Å². The Bertz CT molecular complexity index is 233. The monoisotopic (exact) mass is 244 g/mol. The van der Waals surface area contributed by atoms with Crippen LogP contribution in [0.25, 0.3) is 0 Å². The summed E-state index contributed by atoms with van der Waals surface area (Å²) in [5.74, 6) is 0.224. The van der Waals surface area contributed by atoms with Gasteiger partial charge in [0.25, 0.3) is 0 Å². The number of nitrogens with two attached hydrogens (primary N) is 1. The van der Waals surface area contributed by atoms with Gasteiger partial charge in [-0.2, -0.15) is 11.8 Å². The predicted octanol–water partition coefficient (Wildman–Crippen LogP) is 1.76. The van der Waals surface area contributed by atoms with Gasteiger partial charge < -0.3 is 11.1 Å². The van der Waals surface area contributed by atoms with Crippen molar-refractivity contribution in [3.05, 3.63) is 0 Å². The normalized spacial score (nSPS) is 27.8. The summed E-state index contributed by atoms with van der Waals surface area (Å²) in [4.78, 5) is 11.8. The number of thioether (sulfide) groups is 1. The van der Waals surface area contributed by atoms with Crippen LogP contribution in [0.1, 0.15) is 39.5 Å². The number of rotatable bonds is 4. The van der Waals surface area contributed by atoms with Crippen LogP contribution in [0.2, 0.25) is 0 Å². The van der Waals surface area contributed by atoms with Crippen LogP contribution in [-0.2, 0) is 4.79 Å². The number of hydrogen-bond donors (Lipinski definition) is 2. The first kappa shape index (κ1) is 13.8. The molecular formula is C12H24N2OS. The minimum atomic E-state index is -0.366. The number of amides is 1. The third-order valence-corrected chi connectivity index (χ3v) is 4.42. The molecule has 1 saturated carbocycles. The second-order valence-electron chi connectivity index (χ2n) is 5.00. The van der Waals surface area contributed by atoms with Crippen molar-refractivity contribution < 1.29 is 4.79 Å². The molecule has 0 aliphatic heterocycles. The molecule has 0 saturated heterocycles. The van der Waals surface area contributed by atoms with Gasteiger partial charge in [0.15, 0.2) is 0 Å². The maximum Gasteiger partial charge on any atom is 0.237 e. The van der Waals surface area contributed by atoms with Gasteiger partial charge in [0, 0.05) is 11.3 Å². The summed E-state index contributed by atoms with van der Waals surface area (Å²) in [6.45, 7) is 3.96. The molecule has 3 N–H and O–H groups in total. The summed E-state index contributed by atoms with van der Waals surface area (Å²) in [5.41, 5.74) is 5.83. The van der Waals surface area contributed by atoms with Crippen LogP contribution < -0.4 is 11.1 Å². The van der Waals surface area contributed by atoms with Crippen molar-refractivity contribution in [1.82, 2.24) is 5.32 Å². The fourth-order valence-electron chi connectivity index (χ4n) is 2.09. The number of carbonyl (C=O) groups excluding carboxylic acids is 1. The van der Waals surface area contributed by atoms with Crippen LogP contribution in [0.4, 0.5) is 0 Å². The van der Waals surface area contributed by atoms with Crippen LogP contribution >= 0.6 is 11.8 Å². The van der Waals surface area contributed by atoms with E-state index >= 15 is 0 Å². The van der Waals surface area contributed by atoms with Crippen molar-refractivity contribution in [2.45, 2.75) is 56.9 Å². The van der Waals surface area contributed by atoms with Crippen LogP contribution in [0.5, 0.6) is 0 Å². The third-order valence-electron chi connectivity index (χ3n) is 3.33. The van der Waals surface area contributed by atoms with Crippen molar-refractivity contribution >= 4 is 17.7 Å². The van der Waals surface area contributed by atoms with E-state index in [9.17, 15) is 4.79 Å². The van der Waals surface area contributed by atoms with Gasteiger partial charge in [-0.15, -0.1) is 0 Å². The average molecular weight is 244 g/mol. The van der Waals surface area contributed by atoms with E-state index in [0.717, 1.165) is 12.8 Å². The van der Waals surface area contributed by atoms with Crippen molar-refractivity contribution in [3.8, 4) is 0 Å². The first-order chi connectivity index (χ1) is 7.54. The molecule has 94 valence electrons. The molecule has 0 heterocycles. The summed E-state index contributed by atoms with van der Waals surface area (Å²) >= 11 is 1.91. The SMILES string of the molecule is CSC1CCCC(NC(=O)C(N)C(C)C)C1. The summed E-state index contributed by atoms with van der Waals surface area (Å²) in [7, 11) is 0. The maximum atomic E-state index is 11.8. The number of carbonyl (C=O) groups is 1. The highest BCUT2D eigenvalue weighted by molar-refractivity contribution is 7.99. The Hall–Kier alpha value is -0.220. The minimum Gasteiger partial charge on any atom is -0.352 e. The van der Waals surface area contributed by atoms with Crippen LogP contribution in [0.3, 0.4) is 0 Å². The van der Waals surface area contributed by atoms with Crippen molar-refractivity contribution in [3.63, 3.8) is 0 Å². The first-order valence-electron chi connectivity index (χ1n) is 6.13. The standard InChI is InChI=1S/C12H24N2OS/c1-8(2)11(13)12(15)14-9-5-4-6-10(7-9)16-3/h8-11H,4-7,13H2,1-3H3,(H,14,15). The Balaban J connectivity index is 2.38. The second-order valence-corrected chi connectivity index (χ2v) is 6.14. The Morgan fingerprint density at radius 1 is 1.44 bits per heavy atom. The van der Waals surface area contributed by atoms with Crippen molar-refractivity contribution in [2.24, 2.45) is 11.7 Å². The molecule has 0 radical (unpaired) electrons. The third kappa shape index (κ3) is 3.98. The molecule has 0 aromatic carbocycles. The van der Waals surface area contributed by atoms with Gasteiger partial charge in [-0.05, 0) is 31.4 Å². The molecule has 1 fully saturated rings. The van der Waals surface area contributed by atoms with Gasteiger partial charge in [-0.25, -0.2) is 0 Å². The minimum absolute atomic E-state index is 0.0155. The van der Waals surface area contributed by atoms with Crippen LogP contribution in [0.15, 0.2) is 0 Å². The van der Waals surface area contributed by atoms with E-state index in [0.29, 0.717) is 11.3 Å². The largest absolute Gasteiger partial charge is 0.352 e. The lowest BCUT2D eigenvalue weighted by molar-refractivity contribution is -0.124. The van der Waals surface area contributed by atoms with E-state index in [1.165, 1.54) is 12.8 Å². The smallest absolute Gasteiger partial charge is 0.237 e. The average Bonchev–Trinajstić information content (AvgIpc) is 2.28. The van der Waals surface area contributed by atoms with E-state index in [2.05, 4.69) is 11.6 Å². The number of hydrogen-bond acceptors (Lipinski definition) is 3. The fraction of sp³-hybridized carbons (Fsp3) is 0.917. The molecule has 3 nitrogen and oxygen atoms in total. The lowest BCUT2D eigenvalue weighted by Crippen LogP contribution is -2.49. The predicted molar refractivity (Wildman–Crippen MR) is 70.5 cm³/mol. The molecule has 3 unspecified atom stereocenters. The highest BCUT2D eigenvalue weighted by Gasteiger charge is 2.25. The van der Waals surface area contributed by atoms with E-state index in [1.807, 2.05) is 25.6 Å². The first-order valence-corrected chi connectivity index (χ1v) is 7.42. The van der Waals surface area contributed by atoms with E-state index in [-0.39, 0.29) is 17.9 Å². The molecule has 16 heavy (non-hydrogen) atoms. The molecule has 4 heteroatoms. The molecule has 1 amide bonds. The van der Waals surface area contributed by atoms with Gasteiger partial charge in [-0.3, -0.25) is 4.79 Å². The molecule has 3 atom stereocenters. The fourth-order valence-corrected chi connectivity index (χ4v) is 2.92. The summed E-state index contributed by atoms with van der Waals surface area (Å²) < 4.78 is 0. The van der Waals surface area contributed by atoms with Gasteiger partial charge in [0.2, 0.25) is 5.91 Å². The Kier molecular flexibility index (Phi) is 5.62. The van der Waals surface area contributed by atoms with Crippen LogP contribution in [-0.4, -0.2) is 29.5 Å². The summed E-state index contributed by atoms with van der Waals surface area (Å²) in [6.07, 6.45) is 6.84. The van der Waals surface area contributed by atoms with Gasteiger partial charge in [0.1, 0.15) is 0 Å². The Labute approximate surface area is 103 Å². The zero-order valence-electron chi connectivity index (χ0n) is 10.5. The van der Waals surface area contributed by atoms with E-state index in [4.69, 9.17) is 5.73 Å². The van der Waals surface area contributed by atoms with Gasteiger partial charge >= 0.3 is 0 Å². The zero-order valence-corrected chi connectivity index (χ0v) is 11.3. The maximum absolute atomic E-state index is 11.8. The van der Waals surface area contributed by atoms with Gasteiger partial charge in [-0.1, -0.05) is 20.3 Å². The molecule has 1 aliphatic rings. The van der Waals surface area contributed by atoms with E-state index in [1.54, 1.807) is 0 Å². The summed E-state index contributed by atoms with van der Waals surface area (Å²) in [6, 6.07) is -0.0295. The highest BCUT2D eigenvalue weighted by atomic mass is 32.2. The molecule has 0 aromatic rings. The molecule has 1 rings (SSSR count). The number of nitrogens with one attached hydrogen (secondary N) is 1. The summed E-state index contributed by atoms with van der Waals surface area (Å²) in [5, 5.41) is 3.79. The van der Waals surface area contributed by atoms with Gasteiger partial charge in [0.05, 0.1) is 6.04 Å². The van der Waals surface area contributed by atoms with Crippen molar-refractivity contribution in [2.75, 3.05) is 6.26 Å². The Morgan fingerprint density at radius 2 is 2.12 bits per heavy atom. The molecule has 1 aliphatic carbocycles. The van der Waals surface area contributed by atoms with Crippen molar-refractivity contribution in [1.29, 1.82) is 0 Å². The Morgan fingerprint density at radius 3 is 2.69 bits per heavy atom. The molecule has 0 bridgehead atoms.